The molecule has 2 N–H and O–H groups in total. The van der Waals surface area contributed by atoms with Crippen molar-refractivity contribution in [2.75, 3.05) is 5.32 Å². The third-order valence-electron chi connectivity index (χ3n) is 4.22. The molecule has 0 aromatic heterocycles. The lowest BCUT2D eigenvalue weighted by Gasteiger charge is -2.12. The molecular weight excluding hydrogens is 329 g/mol. The molecule has 3 nitrogen and oxygen atoms in total. The van der Waals surface area contributed by atoms with Gasteiger partial charge >= 0.3 is 5.97 Å². The van der Waals surface area contributed by atoms with Crippen LogP contribution in [0.5, 0.6) is 0 Å². The van der Waals surface area contributed by atoms with Crippen LogP contribution in [0.15, 0.2) is 66.7 Å². The molecular formula is C22H20FNO2. The van der Waals surface area contributed by atoms with Gasteiger partial charge in [0.2, 0.25) is 0 Å². The summed E-state index contributed by atoms with van der Waals surface area (Å²) in [7, 11) is 0. The summed E-state index contributed by atoms with van der Waals surface area (Å²) in [5.74, 6) is -1.33. The molecule has 0 aliphatic carbocycles. The summed E-state index contributed by atoms with van der Waals surface area (Å²) in [6.45, 7) is 2.07. The van der Waals surface area contributed by atoms with Crippen LogP contribution in [0.3, 0.4) is 0 Å². The van der Waals surface area contributed by atoms with Gasteiger partial charge < -0.3 is 10.4 Å². The van der Waals surface area contributed by atoms with Gasteiger partial charge in [-0.05, 0) is 67.3 Å². The molecule has 0 spiro atoms. The van der Waals surface area contributed by atoms with Crippen LogP contribution in [-0.4, -0.2) is 11.1 Å². The number of anilines is 2. The molecule has 0 saturated heterocycles. The Bertz CT molecular complexity index is 920. The number of carboxylic acids is 1. The van der Waals surface area contributed by atoms with E-state index < -0.39 is 5.97 Å². The fraction of sp³-hybridized carbons (Fsp3) is 0.136. The summed E-state index contributed by atoms with van der Waals surface area (Å²) in [5, 5.41) is 12.5. The minimum atomic E-state index is -1.00. The molecule has 0 aliphatic heterocycles. The highest BCUT2D eigenvalue weighted by Gasteiger charge is 2.11. The van der Waals surface area contributed by atoms with Gasteiger partial charge in [0.1, 0.15) is 5.82 Å². The van der Waals surface area contributed by atoms with Crippen molar-refractivity contribution in [3.63, 3.8) is 0 Å². The zero-order chi connectivity index (χ0) is 18.5. The van der Waals surface area contributed by atoms with Crippen LogP contribution in [0.1, 0.15) is 27.0 Å². The van der Waals surface area contributed by atoms with Crippen LogP contribution in [-0.2, 0) is 12.8 Å². The second-order valence-corrected chi connectivity index (χ2v) is 6.31. The van der Waals surface area contributed by atoms with Crippen molar-refractivity contribution < 1.29 is 14.3 Å². The predicted molar refractivity (Wildman–Crippen MR) is 102 cm³/mol. The summed E-state index contributed by atoms with van der Waals surface area (Å²) in [6, 6.07) is 19.5. The first-order chi connectivity index (χ1) is 12.5. The van der Waals surface area contributed by atoms with Gasteiger partial charge in [-0.25, -0.2) is 9.18 Å². The Morgan fingerprint density at radius 2 is 1.65 bits per heavy atom. The number of benzene rings is 3. The van der Waals surface area contributed by atoms with Crippen LogP contribution in [0.25, 0.3) is 0 Å². The molecule has 0 aliphatic rings. The Morgan fingerprint density at radius 3 is 2.31 bits per heavy atom. The van der Waals surface area contributed by atoms with E-state index in [4.69, 9.17) is 0 Å². The Labute approximate surface area is 152 Å². The Hall–Kier alpha value is -3.14. The largest absolute Gasteiger partial charge is 0.478 e. The van der Waals surface area contributed by atoms with Crippen molar-refractivity contribution in [2.45, 2.75) is 19.8 Å². The van der Waals surface area contributed by atoms with Crippen LogP contribution >= 0.6 is 0 Å². The van der Waals surface area contributed by atoms with Gasteiger partial charge in [-0.1, -0.05) is 35.9 Å². The summed E-state index contributed by atoms with van der Waals surface area (Å²) in [6.07, 6.45) is 1.69. The number of hydrogen-bond donors (Lipinski definition) is 2. The third-order valence-corrected chi connectivity index (χ3v) is 4.22. The Balaban J connectivity index is 1.81. The number of carbonyl (C=O) groups is 1. The highest BCUT2D eigenvalue weighted by molar-refractivity contribution is 5.95. The highest BCUT2D eigenvalue weighted by Crippen LogP contribution is 2.24. The maximum Gasteiger partial charge on any atom is 0.337 e. The molecule has 0 amide bonds. The fourth-order valence-electron chi connectivity index (χ4n) is 2.88. The Kier molecular flexibility index (Phi) is 5.32. The van der Waals surface area contributed by atoms with Gasteiger partial charge in [-0.15, -0.1) is 0 Å². The minimum absolute atomic E-state index is 0.189. The molecule has 3 aromatic carbocycles. The van der Waals surface area contributed by atoms with Crippen molar-refractivity contribution in [2.24, 2.45) is 0 Å². The molecule has 3 aromatic rings. The summed E-state index contributed by atoms with van der Waals surface area (Å²) in [5.41, 5.74) is 4.85. The van der Waals surface area contributed by atoms with Crippen molar-refractivity contribution in [1.29, 1.82) is 0 Å². The van der Waals surface area contributed by atoms with E-state index in [1.807, 2.05) is 18.2 Å². The lowest BCUT2D eigenvalue weighted by atomic mass is 10.0. The van der Waals surface area contributed by atoms with Gasteiger partial charge in [0, 0.05) is 5.69 Å². The van der Waals surface area contributed by atoms with E-state index in [9.17, 15) is 14.3 Å². The van der Waals surface area contributed by atoms with E-state index in [2.05, 4.69) is 30.4 Å². The fourth-order valence-corrected chi connectivity index (χ4v) is 2.88. The topological polar surface area (TPSA) is 49.3 Å². The normalized spacial score (nSPS) is 10.5. The standard InChI is InChI=1S/C22H20FNO2/c1-15-3-2-4-16(13-15)5-6-17-7-12-20(22(25)26)21(14-17)24-19-10-8-18(23)9-11-19/h2-4,7-14,24H,5-6H2,1H3,(H,25,26). The molecule has 0 atom stereocenters. The minimum Gasteiger partial charge on any atom is -0.478 e. The van der Waals surface area contributed by atoms with Gasteiger partial charge in [0.25, 0.3) is 0 Å². The monoisotopic (exact) mass is 349 g/mol. The lowest BCUT2D eigenvalue weighted by Crippen LogP contribution is -2.04. The van der Waals surface area contributed by atoms with Crippen LogP contribution in [0.2, 0.25) is 0 Å². The number of halogens is 1. The lowest BCUT2D eigenvalue weighted by molar-refractivity contribution is 0.0698. The second-order valence-electron chi connectivity index (χ2n) is 6.31. The van der Waals surface area contributed by atoms with Crippen molar-refractivity contribution >= 4 is 17.3 Å². The van der Waals surface area contributed by atoms with E-state index in [0.29, 0.717) is 11.4 Å². The van der Waals surface area contributed by atoms with E-state index in [0.717, 1.165) is 18.4 Å². The van der Waals surface area contributed by atoms with E-state index in [1.165, 1.54) is 23.3 Å². The first-order valence-electron chi connectivity index (χ1n) is 8.45. The van der Waals surface area contributed by atoms with E-state index >= 15 is 0 Å². The van der Waals surface area contributed by atoms with Crippen LogP contribution < -0.4 is 5.32 Å². The molecule has 26 heavy (non-hydrogen) atoms. The first kappa shape index (κ1) is 17.7. The molecule has 0 bridgehead atoms. The Morgan fingerprint density at radius 1 is 0.962 bits per heavy atom. The van der Waals surface area contributed by atoms with Crippen LogP contribution in [0, 0.1) is 12.7 Å². The number of carboxylic acid groups (broad SMARTS) is 1. The summed E-state index contributed by atoms with van der Waals surface area (Å²) in [4.78, 5) is 11.5. The van der Waals surface area contributed by atoms with Crippen molar-refractivity contribution in [3.8, 4) is 0 Å². The summed E-state index contributed by atoms with van der Waals surface area (Å²) < 4.78 is 13.1. The van der Waals surface area contributed by atoms with Crippen molar-refractivity contribution in [1.82, 2.24) is 0 Å². The zero-order valence-corrected chi connectivity index (χ0v) is 14.5. The molecule has 0 fully saturated rings. The number of aromatic carboxylic acids is 1. The highest BCUT2D eigenvalue weighted by atomic mass is 19.1. The van der Waals surface area contributed by atoms with Crippen LogP contribution in [0.4, 0.5) is 15.8 Å². The quantitative estimate of drug-likeness (QED) is 0.630. The molecule has 0 radical (unpaired) electrons. The first-order valence-corrected chi connectivity index (χ1v) is 8.45. The SMILES string of the molecule is Cc1cccc(CCc2ccc(C(=O)O)c(Nc3ccc(F)cc3)c2)c1. The zero-order valence-electron chi connectivity index (χ0n) is 14.5. The number of aryl methyl sites for hydroxylation is 3. The number of nitrogens with one attached hydrogen (secondary N) is 1. The predicted octanol–water partition coefficient (Wildman–Crippen LogP) is 5.36. The number of hydrogen-bond acceptors (Lipinski definition) is 2. The maximum atomic E-state index is 13.1. The average Bonchev–Trinajstić information content (AvgIpc) is 2.62. The average molecular weight is 349 g/mol. The summed E-state index contributed by atoms with van der Waals surface area (Å²) >= 11 is 0. The van der Waals surface area contributed by atoms with Gasteiger partial charge in [0.15, 0.2) is 0 Å². The van der Waals surface area contributed by atoms with Gasteiger partial charge in [-0.2, -0.15) is 0 Å². The van der Waals surface area contributed by atoms with E-state index in [-0.39, 0.29) is 11.4 Å². The van der Waals surface area contributed by atoms with Gasteiger partial charge in [-0.3, -0.25) is 0 Å². The maximum absolute atomic E-state index is 13.1. The third kappa shape index (κ3) is 4.48. The number of rotatable bonds is 6. The molecule has 0 heterocycles. The molecule has 0 unspecified atom stereocenters. The molecule has 3 rings (SSSR count). The van der Waals surface area contributed by atoms with Crippen molar-refractivity contribution in [3.05, 3.63) is 94.8 Å². The van der Waals surface area contributed by atoms with E-state index in [1.54, 1.807) is 18.2 Å². The second kappa shape index (κ2) is 7.83. The molecule has 0 saturated carbocycles. The smallest absolute Gasteiger partial charge is 0.337 e. The van der Waals surface area contributed by atoms with Gasteiger partial charge in [0.05, 0.1) is 11.3 Å². The molecule has 132 valence electrons. The molecule has 4 heteroatoms.